The molecule has 1 saturated heterocycles. The summed E-state index contributed by atoms with van der Waals surface area (Å²) in [5, 5.41) is 11.8. The van der Waals surface area contributed by atoms with Crippen LogP contribution in [0.5, 0.6) is 0 Å². The summed E-state index contributed by atoms with van der Waals surface area (Å²) in [5.74, 6) is 0.746. The summed E-state index contributed by atoms with van der Waals surface area (Å²) in [6.07, 6.45) is 2.15. The van der Waals surface area contributed by atoms with Crippen LogP contribution in [0.3, 0.4) is 0 Å². The van der Waals surface area contributed by atoms with Gasteiger partial charge in [-0.15, -0.1) is 11.3 Å². The van der Waals surface area contributed by atoms with Crippen LogP contribution in [-0.4, -0.2) is 29.3 Å². The van der Waals surface area contributed by atoms with Gasteiger partial charge >= 0.3 is 0 Å². The highest BCUT2D eigenvalue weighted by Gasteiger charge is 2.19. The Morgan fingerprint density at radius 2 is 2.50 bits per heavy atom. The van der Waals surface area contributed by atoms with Gasteiger partial charge in [0.1, 0.15) is 4.88 Å². The van der Waals surface area contributed by atoms with E-state index in [1.54, 1.807) is 0 Å². The van der Waals surface area contributed by atoms with E-state index in [0.717, 1.165) is 29.6 Å². The second-order valence-electron chi connectivity index (χ2n) is 4.67. The van der Waals surface area contributed by atoms with Crippen LogP contribution in [0.15, 0.2) is 22.0 Å². The minimum atomic E-state index is -0.148. The van der Waals surface area contributed by atoms with Crippen molar-refractivity contribution < 1.29 is 9.53 Å². The number of hydrogen-bond donors (Lipinski definition) is 2. The van der Waals surface area contributed by atoms with Crippen molar-refractivity contribution in [2.45, 2.75) is 18.8 Å². The van der Waals surface area contributed by atoms with Gasteiger partial charge in [0.2, 0.25) is 0 Å². The molecule has 20 heavy (non-hydrogen) atoms. The Kier molecular flexibility index (Phi) is 4.18. The molecule has 0 bridgehead atoms. The summed E-state index contributed by atoms with van der Waals surface area (Å²) >= 11 is 4.75. The largest absolute Gasteiger partial charge is 0.381 e. The zero-order valence-corrected chi connectivity index (χ0v) is 13.1. The molecule has 7 heteroatoms. The smallest absolute Gasteiger partial charge is 0.268 e. The van der Waals surface area contributed by atoms with Gasteiger partial charge in [-0.3, -0.25) is 9.89 Å². The molecule has 1 aliphatic rings. The van der Waals surface area contributed by atoms with Crippen LogP contribution in [0.25, 0.3) is 0 Å². The Labute approximate surface area is 128 Å². The molecular weight excluding hydrogens is 342 g/mol. The highest BCUT2D eigenvalue weighted by atomic mass is 79.9. The average Bonchev–Trinajstić information content (AvgIpc) is 3.09. The monoisotopic (exact) mass is 355 g/mol. The van der Waals surface area contributed by atoms with Crippen molar-refractivity contribution in [2.75, 3.05) is 18.5 Å². The zero-order valence-electron chi connectivity index (χ0n) is 10.7. The number of nitrogens with zero attached hydrogens (tertiary/aromatic N) is 1. The first kappa shape index (κ1) is 13.8. The minimum absolute atomic E-state index is 0.148. The molecule has 3 rings (SSSR count). The lowest BCUT2D eigenvalue weighted by Gasteiger charge is -2.20. The number of amides is 1. The SMILES string of the molecule is O=C(Nc1cc(C2CCCOC2)[nH]n1)c1sccc1Br. The van der Waals surface area contributed by atoms with Crippen LogP contribution in [0.4, 0.5) is 5.82 Å². The van der Waals surface area contributed by atoms with Crippen molar-refractivity contribution in [3.63, 3.8) is 0 Å². The summed E-state index contributed by atoms with van der Waals surface area (Å²) in [5.41, 5.74) is 1.02. The lowest BCUT2D eigenvalue weighted by Crippen LogP contribution is -2.15. The number of aromatic amines is 1. The maximum Gasteiger partial charge on any atom is 0.268 e. The highest BCUT2D eigenvalue weighted by Crippen LogP contribution is 2.26. The lowest BCUT2D eigenvalue weighted by molar-refractivity contribution is 0.0793. The van der Waals surface area contributed by atoms with Gasteiger partial charge in [0, 0.05) is 28.8 Å². The van der Waals surface area contributed by atoms with Gasteiger partial charge in [0.15, 0.2) is 5.82 Å². The Hall–Kier alpha value is -1.18. The quantitative estimate of drug-likeness (QED) is 0.886. The van der Waals surface area contributed by atoms with Crippen molar-refractivity contribution >= 4 is 39.0 Å². The summed E-state index contributed by atoms with van der Waals surface area (Å²) in [6, 6.07) is 3.74. The second kappa shape index (κ2) is 6.07. The summed E-state index contributed by atoms with van der Waals surface area (Å²) in [6.45, 7) is 1.55. The van der Waals surface area contributed by atoms with Crippen molar-refractivity contribution in [3.05, 3.63) is 32.6 Å². The molecule has 1 unspecified atom stereocenters. The van der Waals surface area contributed by atoms with E-state index >= 15 is 0 Å². The zero-order chi connectivity index (χ0) is 13.9. The molecule has 0 aromatic carbocycles. The third-order valence-corrected chi connectivity index (χ3v) is 5.10. The van der Waals surface area contributed by atoms with Crippen LogP contribution in [0.1, 0.15) is 34.1 Å². The molecule has 0 saturated carbocycles. The number of hydrogen-bond acceptors (Lipinski definition) is 4. The number of H-pyrrole nitrogens is 1. The Morgan fingerprint density at radius 3 is 3.20 bits per heavy atom. The topological polar surface area (TPSA) is 67.0 Å². The predicted molar refractivity (Wildman–Crippen MR) is 81.4 cm³/mol. The molecule has 2 aromatic heterocycles. The van der Waals surface area contributed by atoms with E-state index in [-0.39, 0.29) is 5.91 Å². The first-order valence-electron chi connectivity index (χ1n) is 6.41. The van der Waals surface area contributed by atoms with Gasteiger partial charge in [-0.25, -0.2) is 0 Å². The van der Waals surface area contributed by atoms with Crippen LogP contribution < -0.4 is 5.32 Å². The number of carbonyl (C=O) groups is 1. The van der Waals surface area contributed by atoms with E-state index in [0.29, 0.717) is 23.2 Å². The molecule has 2 aromatic rings. The number of halogens is 1. The molecule has 2 N–H and O–H groups in total. The molecule has 5 nitrogen and oxygen atoms in total. The van der Waals surface area contributed by atoms with Crippen LogP contribution >= 0.6 is 27.3 Å². The fraction of sp³-hybridized carbons (Fsp3) is 0.385. The van der Waals surface area contributed by atoms with E-state index in [1.165, 1.54) is 11.3 Å². The molecule has 1 atom stereocenters. The van der Waals surface area contributed by atoms with Gasteiger partial charge in [0.25, 0.3) is 5.91 Å². The third kappa shape index (κ3) is 2.94. The first-order chi connectivity index (χ1) is 9.74. The molecule has 1 fully saturated rings. The van der Waals surface area contributed by atoms with E-state index in [4.69, 9.17) is 4.74 Å². The van der Waals surface area contributed by atoms with Gasteiger partial charge in [0.05, 0.1) is 6.61 Å². The normalized spacial score (nSPS) is 18.9. The first-order valence-corrected chi connectivity index (χ1v) is 8.08. The predicted octanol–water partition coefficient (Wildman–Crippen LogP) is 3.38. The Bertz CT molecular complexity index is 604. The standard InChI is InChI=1S/C13H14BrN3O2S/c14-9-3-5-20-12(9)13(18)15-11-6-10(16-17-11)8-2-1-4-19-7-8/h3,5-6,8H,1-2,4,7H2,(H2,15,16,17,18). The van der Waals surface area contributed by atoms with Crippen LogP contribution in [0, 0.1) is 0 Å². The number of thiophene rings is 1. The summed E-state index contributed by atoms with van der Waals surface area (Å²) < 4.78 is 6.26. The fourth-order valence-corrected chi connectivity index (χ4v) is 3.67. The van der Waals surface area contributed by atoms with Crippen molar-refractivity contribution in [1.82, 2.24) is 10.2 Å². The Balaban J connectivity index is 1.68. The molecule has 0 spiro atoms. The van der Waals surface area contributed by atoms with Crippen LogP contribution in [-0.2, 0) is 4.74 Å². The van der Waals surface area contributed by atoms with E-state index in [2.05, 4.69) is 31.4 Å². The van der Waals surface area contributed by atoms with E-state index in [9.17, 15) is 4.79 Å². The van der Waals surface area contributed by atoms with Gasteiger partial charge < -0.3 is 10.1 Å². The number of aromatic nitrogens is 2. The second-order valence-corrected chi connectivity index (χ2v) is 6.44. The van der Waals surface area contributed by atoms with Crippen molar-refractivity contribution in [3.8, 4) is 0 Å². The lowest BCUT2D eigenvalue weighted by atomic mass is 9.99. The Morgan fingerprint density at radius 1 is 1.60 bits per heavy atom. The van der Waals surface area contributed by atoms with E-state index in [1.807, 2.05) is 17.5 Å². The maximum absolute atomic E-state index is 12.1. The fourth-order valence-electron chi connectivity index (χ4n) is 2.22. The third-order valence-electron chi connectivity index (χ3n) is 3.26. The number of rotatable bonds is 3. The van der Waals surface area contributed by atoms with Gasteiger partial charge in [-0.2, -0.15) is 5.10 Å². The number of carbonyl (C=O) groups excluding carboxylic acids is 1. The highest BCUT2D eigenvalue weighted by molar-refractivity contribution is 9.10. The minimum Gasteiger partial charge on any atom is -0.381 e. The molecule has 106 valence electrons. The molecule has 3 heterocycles. The summed E-state index contributed by atoms with van der Waals surface area (Å²) in [4.78, 5) is 12.7. The number of nitrogens with one attached hydrogen (secondary N) is 2. The molecule has 1 amide bonds. The average molecular weight is 356 g/mol. The number of ether oxygens (including phenoxy) is 1. The maximum atomic E-state index is 12.1. The van der Waals surface area contributed by atoms with Crippen molar-refractivity contribution in [1.29, 1.82) is 0 Å². The van der Waals surface area contributed by atoms with E-state index < -0.39 is 0 Å². The van der Waals surface area contributed by atoms with Crippen LogP contribution in [0.2, 0.25) is 0 Å². The molecular formula is C13H14BrN3O2S. The summed E-state index contributed by atoms with van der Waals surface area (Å²) in [7, 11) is 0. The number of anilines is 1. The molecule has 0 aliphatic carbocycles. The van der Waals surface area contributed by atoms with Crippen molar-refractivity contribution in [2.24, 2.45) is 0 Å². The van der Waals surface area contributed by atoms with Gasteiger partial charge in [-0.1, -0.05) is 0 Å². The molecule has 0 radical (unpaired) electrons. The van der Waals surface area contributed by atoms with Gasteiger partial charge in [-0.05, 0) is 40.2 Å². The molecule has 1 aliphatic heterocycles.